The highest BCUT2D eigenvalue weighted by atomic mass is 16.4. The Morgan fingerprint density at radius 2 is 1.86 bits per heavy atom. The van der Waals surface area contributed by atoms with Crippen molar-refractivity contribution in [3.05, 3.63) is 35.4 Å². The van der Waals surface area contributed by atoms with Crippen molar-refractivity contribution in [1.29, 1.82) is 0 Å². The predicted octanol–water partition coefficient (Wildman–Crippen LogP) is 1.93. The van der Waals surface area contributed by atoms with Gasteiger partial charge in [0.2, 0.25) is 0 Å². The molecule has 1 fully saturated rings. The predicted molar refractivity (Wildman–Crippen MR) is 75.9 cm³/mol. The molecule has 0 bridgehead atoms. The molecule has 0 amide bonds. The molecule has 0 aliphatic heterocycles. The maximum atomic E-state index is 12.5. The van der Waals surface area contributed by atoms with Gasteiger partial charge in [-0.1, -0.05) is 37.1 Å². The summed E-state index contributed by atoms with van der Waals surface area (Å²) >= 11 is 0. The molecule has 1 aliphatic rings. The van der Waals surface area contributed by atoms with Gasteiger partial charge in [-0.15, -0.1) is 0 Å². The SMILES string of the molecule is CC(O)c1ccc(C(=O)C2(O)CCCCC2C(=O)O)cc1. The van der Waals surface area contributed by atoms with Crippen LogP contribution in [0, 0.1) is 5.92 Å². The Morgan fingerprint density at radius 1 is 1.24 bits per heavy atom. The Kier molecular flexibility index (Phi) is 4.44. The fourth-order valence-electron chi connectivity index (χ4n) is 2.92. The van der Waals surface area contributed by atoms with Crippen LogP contribution in [0.4, 0.5) is 0 Å². The second-order valence-corrected chi connectivity index (χ2v) is 5.69. The molecule has 0 spiro atoms. The second kappa shape index (κ2) is 5.95. The Balaban J connectivity index is 2.30. The number of aliphatic hydroxyl groups is 2. The van der Waals surface area contributed by atoms with E-state index in [4.69, 9.17) is 0 Å². The van der Waals surface area contributed by atoms with Gasteiger partial charge in [0.1, 0.15) is 5.60 Å². The molecule has 21 heavy (non-hydrogen) atoms. The number of rotatable bonds is 4. The number of aliphatic carboxylic acids is 1. The molecular formula is C16H20O5. The van der Waals surface area contributed by atoms with Crippen LogP contribution in [-0.2, 0) is 4.79 Å². The van der Waals surface area contributed by atoms with E-state index in [2.05, 4.69) is 0 Å². The van der Waals surface area contributed by atoms with E-state index < -0.39 is 29.4 Å². The first-order valence-corrected chi connectivity index (χ1v) is 7.14. The number of Topliss-reactive ketones (excluding diaryl/α,β-unsaturated/α-hetero) is 1. The maximum absolute atomic E-state index is 12.5. The van der Waals surface area contributed by atoms with Gasteiger partial charge >= 0.3 is 5.97 Å². The molecule has 1 saturated carbocycles. The summed E-state index contributed by atoms with van der Waals surface area (Å²) < 4.78 is 0. The van der Waals surface area contributed by atoms with Crippen molar-refractivity contribution in [2.24, 2.45) is 5.92 Å². The van der Waals surface area contributed by atoms with Crippen molar-refractivity contribution < 1.29 is 24.9 Å². The third kappa shape index (κ3) is 2.99. The number of benzene rings is 1. The molecule has 114 valence electrons. The molecule has 0 saturated heterocycles. The van der Waals surface area contributed by atoms with Crippen LogP contribution in [0.1, 0.15) is 54.6 Å². The van der Waals surface area contributed by atoms with Crippen molar-refractivity contribution in [3.63, 3.8) is 0 Å². The molecule has 3 atom stereocenters. The minimum atomic E-state index is -1.84. The zero-order valence-electron chi connectivity index (χ0n) is 12.0. The highest BCUT2D eigenvalue weighted by molar-refractivity contribution is 6.04. The largest absolute Gasteiger partial charge is 0.481 e. The van der Waals surface area contributed by atoms with Crippen molar-refractivity contribution in [3.8, 4) is 0 Å². The van der Waals surface area contributed by atoms with E-state index in [-0.39, 0.29) is 12.0 Å². The summed E-state index contributed by atoms with van der Waals surface area (Å²) in [6.07, 6.45) is 1.17. The molecule has 3 N–H and O–H groups in total. The van der Waals surface area contributed by atoms with Gasteiger partial charge in [0, 0.05) is 5.56 Å². The van der Waals surface area contributed by atoms with Gasteiger partial charge in [-0.2, -0.15) is 0 Å². The number of carbonyl (C=O) groups excluding carboxylic acids is 1. The summed E-state index contributed by atoms with van der Waals surface area (Å²) in [5.74, 6) is -2.74. The third-order valence-corrected chi connectivity index (χ3v) is 4.22. The maximum Gasteiger partial charge on any atom is 0.309 e. The van der Waals surface area contributed by atoms with Crippen molar-refractivity contribution in [2.75, 3.05) is 0 Å². The quantitative estimate of drug-likeness (QED) is 0.737. The smallest absolute Gasteiger partial charge is 0.309 e. The monoisotopic (exact) mass is 292 g/mol. The summed E-state index contributed by atoms with van der Waals surface area (Å²) in [7, 11) is 0. The molecule has 1 aliphatic carbocycles. The summed E-state index contributed by atoms with van der Waals surface area (Å²) in [5.41, 5.74) is -0.900. The standard InChI is InChI=1S/C16H20O5/c1-10(17)11-5-7-12(8-6-11)14(18)16(21)9-3-2-4-13(16)15(19)20/h5-8,10,13,17,21H,2-4,9H2,1H3,(H,19,20). The lowest BCUT2D eigenvalue weighted by Crippen LogP contribution is -2.51. The molecule has 5 nitrogen and oxygen atoms in total. The number of hydrogen-bond donors (Lipinski definition) is 3. The molecule has 3 unspecified atom stereocenters. The first kappa shape index (κ1) is 15.7. The Morgan fingerprint density at radius 3 is 2.38 bits per heavy atom. The lowest BCUT2D eigenvalue weighted by atomic mass is 9.71. The molecule has 1 aromatic rings. The molecule has 0 radical (unpaired) electrons. The van der Waals surface area contributed by atoms with Crippen LogP contribution in [0.2, 0.25) is 0 Å². The first-order chi connectivity index (χ1) is 9.86. The normalized spacial score (nSPS) is 27.1. The van der Waals surface area contributed by atoms with Gasteiger partial charge < -0.3 is 15.3 Å². The highest BCUT2D eigenvalue weighted by Gasteiger charge is 2.49. The van der Waals surface area contributed by atoms with Crippen LogP contribution in [0.15, 0.2) is 24.3 Å². The topological polar surface area (TPSA) is 94.8 Å². The van der Waals surface area contributed by atoms with Crippen LogP contribution in [-0.4, -0.2) is 32.7 Å². The van der Waals surface area contributed by atoms with E-state index in [0.717, 1.165) is 0 Å². The van der Waals surface area contributed by atoms with E-state index >= 15 is 0 Å². The molecule has 5 heteroatoms. The van der Waals surface area contributed by atoms with Crippen molar-refractivity contribution in [1.82, 2.24) is 0 Å². The number of carbonyl (C=O) groups is 2. The first-order valence-electron chi connectivity index (χ1n) is 7.14. The Bertz CT molecular complexity index is 534. The van der Waals surface area contributed by atoms with Gasteiger partial charge in [-0.25, -0.2) is 0 Å². The van der Waals surface area contributed by atoms with Crippen LogP contribution < -0.4 is 0 Å². The second-order valence-electron chi connectivity index (χ2n) is 5.69. The van der Waals surface area contributed by atoms with Crippen LogP contribution in [0.5, 0.6) is 0 Å². The van der Waals surface area contributed by atoms with Crippen LogP contribution in [0.25, 0.3) is 0 Å². The molecule has 0 heterocycles. The fourth-order valence-corrected chi connectivity index (χ4v) is 2.92. The van der Waals surface area contributed by atoms with E-state index in [1.54, 1.807) is 19.1 Å². The van der Waals surface area contributed by atoms with Gasteiger partial charge in [0.05, 0.1) is 12.0 Å². The average molecular weight is 292 g/mol. The summed E-state index contributed by atoms with van der Waals surface area (Å²) in [6.45, 7) is 1.62. The van der Waals surface area contributed by atoms with Crippen molar-refractivity contribution in [2.45, 2.75) is 44.3 Å². The zero-order valence-corrected chi connectivity index (χ0v) is 12.0. The van der Waals surface area contributed by atoms with Gasteiger partial charge in [-0.3, -0.25) is 9.59 Å². The number of hydrogen-bond acceptors (Lipinski definition) is 4. The Hall–Kier alpha value is -1.72. The minimum absolute atomic E-state index is 0.168. The molecular weight excluding hydrogens is 272 g/mol. The average Bonchev–Trinajstić information content (AvgIpc) is 2.46. The number of carboxylic acid groups (broad SMARTS) is 1. The van der Waals surface area contributed by atoms with E-state index in [0.29, 0.717) is 24.8 Å². The van der Waals surface area contributed by atoms with Gasteiger partial charge in [-0.05, 0) is 25.3 Å². The molecule has 2 rings (SSSR count). The summed E-state index contributed by atoms with van der Waals surface area (Å²) in [4.78, 5) is 23.8. The zero-order chi connectivity index (χ0) is 15.6. The summed E-state index contributed by atoms with van der Waals surface area (Å²) in [5, 5.41) is 29.3. The minimum Gasteiger partial charge on any atom is -0.481 e. The van der Waals surface area contributed by atoms with E-state index in [1.165, 1.54) is 12.1 Å². The molecule has 0 aromatic heterocycles. The fraction of sp³-hybridized carbons (Fsp3) is 0.500. The van der Waals surface area contributed by atoms with Crippen LogP contribution >= 0.6 is 0 Å². The van der Waals surface area contributed by atoms with Crippen LogP contribution in [0.3, 0.4) is 0 Å². The van der Waals surface area contributed by atoms with E-state index in [1.807, 2.05) is 0 Å². The number of ketones is 1. The number of carboxylic acids is 1. The molecule has 1 aromatic carbocycles. The lowest BCUT2D eigenvalue weighted by molar-refractivity contribution is -0.151. The third-order valence-electron chi connectivity index (χ3n) is 4.22. The van der Waals surface area contributed by atoms with E-state index in [9.17, 15) is 24.9 Å². The van der Waals surface area contributed by atoms with Crippen molar-refractivity contribution >= 4 is 11.8 Å². The lowest BCUT2D eigenvalue weighted by Gasteiger charge is -2.36. The Labute approximate surface area is 123 Å². The van der Waals surface area contributed by atoms with Gasteiger partial charge in [0.15, 0.2) is 5.78 Å². The number of aliphatic hydroxyl groups excluding tert-OH is 1. The highest BCUT2D eigenvalue weighted by Crippen LogP contribution is 2.36. The summed E-state index contributed by atoms with van der Waals surface area (Å²) in [6, 6.07) is 6.27. The van der Waals surface area contributed by atoms with Gasteiger partial charge in [0.25, 0.3) is 0 Å².